The Kier molecular flexibility index (Phi) is 6.18. The van der Waals surface area contributed by atoms with Crippen LogP contribution in [0.5, 0.6) is 11.5 Å². The molecule has 3 aromatic carbocycles. The molecule has 0 bridgehead atoms. The Labute approximate surface area is 179 Å². The third-order valence-corrected chi connectivity index (χ3v) is 4.94. The number of aromatic hydroxyl groups is 2. The summed E-state index contributed by atoms with van der Waals surface area (Å²) in [5.74, 6) is 0.337. The molecule has 0 heterocycles. The van der Waals surface area contributed by atoms with E-state index < -0.39 is 0 Å². The van der Waals surface area contributed by atoms with Crippen molar-refractivity contribution in [2.75, 3.05) is 0 Å². The van der Waals surface area contributed by atoms with Crippen LogP contribution in [0.25, 0.3) is 0 Å². The summed E-state index contributed by atoms with van der Waals surface area (Å²) in [6.45, 7) is 6.38. The van der Waals surface area contributed by atoms with Gasteiger partial charge >= 0.3 is 0 Å². The van der Waals surface area contributed by atoms with Crippen molar-refractivity contribution in [2.24, 2.45) is 9.98 Å². The maximum absolute atomic E-state index is 10.2. The summed E-state index contributed by atoms with van der Waals surface area (Å²) in [6.07, 6.45) is 3.25. The van der Waals surface area contributed by atoms with E-state index in [-0.39, 0.29) is 16.9 Å². The van der Waals surface area contributed by atoms with Crippen LogP contribution in [0, 0.1) is 0 Å². The Morgan fingerprint density at radius 3 is 1.83 bits per heavy atom. The first-order valence-corrected chi connectivity index (χ1v) is 10.0. The van der Waals surface area contributed by atoms with Gasteiger partial charge < -0.3 is 10.2 Å². The molecule has 0 unspecified atom stereocenters. The zero-order valence-corrected chi connectivity index (χ0v) is 18.2. The predicted molar refractivity (Wildman–Crippen MR) is 124 cm³/mol. The van der Waals surface area contributed by atoms with Crippen LogP contribution in [0.1, 0.15) is 37.5 Å². The van der Waals surface area contributed by atoms with Gasteiger partial charge in [0.25, 0.3) is 0 Å². The summed E-state index contributed by atoms with van der Waals surface area (Å²) in [4.78, 5) is 9.03. The number of rotatable bonds is 4. The van der Waals surface area contributed by atoms with Crippen molar-refractivity contribution in [3.63, 3.8) is 0 Å². The molecule has 0 spiro atoms. The Bertz CT molecular complexity index is 1080. The Balaban J connectivity index is 1.92. The average molecular weight is 451 g/mol. The van der Waals surface area contributed by atoms with Gasteiger partial charge in [-0.3, -0.25) is 9.98 Å². The molecule has 3 rings (SSSR count). The van der Waals surface area contributed by atoms with Gasteiger partial charge in [-0.1, -0.05) is 54.9 Å². The van der Waals surface area contributed by atoms with Crippen molar-refractivity contribution >= 4 is 39.7 Å². The van der Waals surface area contributed by atoms with Gasteiger partial charge in [0.1, 0.15) is 11.5 Å². The fraction of sp³-hybridized carbons (Fsp3) is 0.167. The number of phenolic OH excluding ortho intramolecular Hbond substituents is 2. The molecule has 2 N–H and O–H groups in total. The molecule has 0 saturated carbocycles. The van der Waals surface area contributed by atoms with E-state index in [0.29, 0.717) is 22.5 Å². The third-order valence-electron chi connectivity index (χ3n) is 4.45. The summed E-state index contributed by atoms with van der Waals surface area (Å²) in [5, 5.41) is 20.2. The molecule has 148 valence electrons. The molecular weight excluding hydrogens is 428 g/mol. The standard InChI is InChI=1S/C24H23BrN2O2/c1-24(2,3)18-8-10-22(28)16(12-18)14-26-20-6-4-5-7-21(20)27-15-17-13-19(25)9-11-23(17)29/h4-15,28-29H,1-3H3. The van der Waals surface area contributed by atoms with Gasteiger partial charge in [0, 0.05) is 28.0 Å². The number of aliphatic imine (C=N–C) groups is 2. The molecule has 0 atom stereocenters. The van der Waals surface area contributed by atoms with E-state index in [0.717, 1.165) is 10.0 Å². The van der Waals surface area contributed by atoms with Crippen LogP contribution in [0.15, 0.2) is 75.1 Å². The Hall–Kier alpha value is -2.92. The Morgan fingerprint density at radius 2 is 1.28 bits per heavy atom. The lowest BCUT2D eigenvalue weighted by Gasteiger charge is -2.19. The minimum Gasteiger partial charge on any atom is -0.507 e. The van der Waals surface area contributed by atoms with E-state index in [1.165, 1.54) is 0 Å². The van der Waals surface area contributed by atoms with Crippen molar-refractivity contribution in [1.82, 2.24) is 0 Å². The maximum atomic E-state index is 10.2. The fourth-order valence-corrected chi connectivity index (χ4v) is 3.09. The predicted octanol–water partition coefficient (Wildman–Crippen LogP) is 6.66. The van der Waals surface area contributed by atoms with Gasteiger partial charge in [-0.15, -0.1) is 0 Å². The smallest absolute Gasteiger partial charge is 0.124 e. The minimum atomic E-state index is -0.0234. The highest BCUT2D eigenvalue weighted by molar-refractivity contribution is 9.10. The molecule has 5 heteroatoms. The van der Waals surface area contributed by atoms with Gasteiger partial charge in [0.2, 0.25) is 0 Å². The van der Waals surface area contributed by atoms with Crippen LogP contribution >= 0.6 is 15.9 Å². The molecule has 0 aromatic heterocycles. The van der Waals surface area contributed by atoms with Gasteiger partial charge in [-0.25, -0.2) is 0 Å². The number of hydrogen-bond acceptors (Lipinski definition) is 4. The summed E-state index contributed by atoms with van der Waals surface area (Å²) < 4.78 is 0.859. The number of benzene rings is 3. The Morgan fingerprint density at radius 1 is 0.759 bits per heavy atom. The second-order valence-electron chi connectivity index (χ2n) is 7.73. The largest absolute Gasteiger partial charge is 0.507 e. The number of nitrogens with zero attached hydrogens (tertiary/aromatic N) is 2. The molecule has 0 aliphatic heterocycles. The molecule has 0 aliphatic rings. The van der Waals surface area contributed by atoms with E-state index in [1.807, 2.05) is 36.4 Å². The normalized spacial score (nSPS) is 12.1. The van der Waals surface area contributed by atoms with Gasteiger partial charge in [-0.2, -0.15) is 0 Å². The zero-order valence-electron chi connectivity index (χ0n) is 16.6. The molecule has 4 nitrogen and oxygen atoms in total. The molecule has 0 amide bonds. The van der Waals surface area contributed by atoms with Crippen molar-refractivity contribution in [1.29, 1.82) is 0 Å². The van der Waals surface area contributed by atoms with Crippen molar-refractivity contribution in [2.45, 2.75) is 26.2 Å². The zero-order chi connectivity index (χ0) is 21.0. The van der Waals surface area contributed by atoms with E-state index in [1.54, 1.807) is 36.7 Å². The highest BCUT2D eigenvalue weighted by Gasteiger charge is 2.14. The lowest BCUT2D eigenvalue weighted by Crippen LogP contribution is -2.11. The van der Waals surface area contributed by atoms with E-state index in [9.17, 15) is 10.2 Å². The third kappa shape index (κ3) is 5.33. The second kappa shape index (κ2) is 8.62. The minimum absolute atomic E-state index is 0.0234. The fourth-order valence-electron chi connectivity index (χ4n) is 2.71. The van der Waals surface area contributed by atoms with E-state index in [4.69, 9.17) is 0 Å². The van der Waals surface area contributed by atoms with Crippen LogP contribution in [-0.2, 0) is 5.41 Å². The summed E-state index contributed by atoms with van der Waals surface area (Å²) in [6, 6.07) is 18.2. The SMILES string of the molecule is CC(C)(C)c1ccc(O)c(C=Nc2ccccc2N=Cc2cc(Br)ccc2O)c1. The lowest BCUT2D eigenvalue weighted by atomic mass is 9.86. The monoisotopic (exact) mass is 450 g/mol. The summed E-state index contributed by atoms with van der Waals surface area (Å²) in [5.41, 5.74) is 3.68. The molecule has 0 aliphatic carbocycles. The highest BCUT2D eigenvalue weighted by atomic mass is 79.9. The molecule has 0 radical (unpaired) electrons. The molecule has 0 saturated heterocycles. The lowest BCUT2D eigenvalue weighted by molar-refractivity contribution is 0.473. The number of para-hydroxylation sites is 2. The maximum Gasteiger partial charge on any atom is 0.124 e. The van der Waals surface area contributed by atoms with Crippen LogP contribution in [0.3, 0.4) is 0 Å². The van der Waals surface area contributed by atoms with Crippen molar-refractivity contribution < 1.29 is 10.2 Å². The highest BCUT2D eigenvalue weighted by Crippen LogP contribution is 2.30. The molecular formula is C24H23BrN2O2. The van der Waals surface area contributed by atoms with E-state index in [2.05, 4.69) is 46.7 Å². The van der Waals surface area contributed by atoms with Crippen molar-refractivity contribution in [3.05, 3.63) is 81.8 Å². The van der Waals surface area contributed by atoms with Gasteiger partial charge in [0.15, 0.2) is 0 Å². The van der Waals surface area contributed by atoms with Crippen LogP contribution in [0.4, 0.5) is 11.4 Å². The second-order valence-corrected chi connectivity index (χ2v) is 8.65. The number of phenols is 2. The quantitative estimate of drug-likeness (QED) is 0.436. The van der Waals surface area contributed by atoms with Crippen LogP contribution in [-0.4, -0.2) is 22.6 Å². The van der Waals surface area contributed by atoms with Crippen molar-refractivity contribution in [3.8, 4) is 11.5 Å². The average Bonchev–Trinajstić information content (AvgIpc) is 2.68. The molecule has 29 heavy (non-hydrogen) atoms. The van der Waals surface area contributed by atoms with Gasteiger partial charge in [0.05, 0.1) is 11.4 Å². The van der Waals surface area contributed by atoms with Crippen LogP contribution < -0.4 is 0 Å². The number of halogens is 1. The first-order chi connectivity index (χ1) is 13.7. The van der Waals surface area contributed by atoms with E-state index >= 15 is 0 Å². The molecule has 0 fully saturated rings. The summed E-state index contributed by atoms with van der Waals surface area (Å²) in [7, 11) is 0. The number of hydrogen-bond donors (Lipinski definition) is 2. The topological polar surface area (TPSA) is 65.2 Å². The molecule has 3 aromatic rings. The first-order valence-electron chi connectivity index (χ1n) is 9.23. The van der Waals surface area contributed by atoms with Gasteiger partial charge in [-0.05, 0) is 53.4 Å². The first kappa shape index (κ1) is 20.8. The summed E-state index contributed by atoms with van der Waals surface area (Å²) >= 11 is 3.39. The van der Waals surface area contributed by atoms with Crippen LogP contribution in [0.2, 0.25) is 0 Å².